The zero-order chi connectivity index (χ0) is 37.1. The first kappa shape index (κ1) is 39.0. The fourth-order valence-corrected chi connectivity index (χ4v) is 6.00. The Bertz CT molecular complexity index is 1720. The molecule has 0 aliphatic carbocycles. The number of hydrogen-bond donors (Lipinski definition) is 3. The van der Waals surface area contributed by atoms with Gasteiger partial charge in [0.2, 0.25) is 16.9 Å². The number of ether oxygens (including phenoxy) is 1. The molecule has 4 rings (SSSR count). The van der Waals surface area contributed by atoms with Crippen LogP contribution in [0.5, 0.6) is 0 Å². The molecule has 1 saturated heterocycles. The number of nitrogens with one attached hydrogen (secondary N) is 3. The maximum Gasteiger partial charge on any atom is 0.407 e. The van der Waals surface area contributed by atoms with E-state index in [0.29, 0.717) is 30.9 Å². The Morgan fingerprint density at radius 2 is 1.59 bits per heavy atom. The number of carbonyl (C=O) groups excluding carboxylic acids is 5. The minimum atomic E-state index is -1.06. The van der Waals surface area contributed by atoms with Crippen molar-refractivity contribution in [3.63, 3.8) is 0 Å². The van der Waals surface area contributed by atoms with E-state index in [-0.39, 0.29) is 31.6 Å². The Kier molecular flexibility index (Phi) is 13.7. The van der Waals surface area contributed by atoms with Crippen molar-refractivity contribution in [2.45, 2.75) is 103 Å². The number of alkyl carbamates (subject to hydrolysis) is 1. The van der Waals surface area contributed by atoms with E-state index in [1.807, 2.05) is 21.1 Å². The quantitative estimate of drug-likeness (QED) is 0.0804. The minimum Gasteiger partial charge on any atom is -0.444 e. The third-order valence-electron chi connectivity index (χ3n) is 8.58. The first-order valence-corrected chi connectivity index (χ1v) is 17.8. The number of nitrogens with zero attached hydrogens (tertiary/aromatic N) is 3. The number of rotatable bonds is 17. The molecule has 276 valence electrons. The summed E-state index contributed by atoms with van der Waals surface area (Å²) in [5.41, 5.74) is 3.99. The highest BCUT2D eigenvalue weighted by molar-refractivity contribution is 6.02. The second kappa shape index (κ2) is 17.9. The number of carbonyl (C=O) groups is 5. The van der Waals surface area contributed by atoms with Crippen molar-refractivity contribution in [3.05, 3.63) is 48.0 Å². The number of aromatic nitrogens is 1. The summed E-state index contributed by atoms with van der Waals surface area (Å²) in [6.45, 7) is 7.16. The van der Waals surface area contributed by atoms with E-state index in [9.17, 15) is 24.0 Å². The maximum absolute atomic E-state index is 13.1. The maximum atomic E-state index is 13.1. The molecule has 1 aromatic heterocycles. The molecule has 1 fully saturated rings. The molecule has 3 N–H and O–H groups in total. The first-order chi connectivity index (χ1) is 24.3. The normalized spacial score (nSPS) is 13.8. The van der Waals surface area contributed by atoms with Gasteiger partial charge in [0.15, 0.2) is 0 Å². The summed E-state index contributed by atoms with van der Waals surface area (Å²) in [7, 11) is 6.00. The number of unbranched alkanes of at least 4 members (excludes halogenated alkanes) is 3. The van der Waals surface area contributed by atoms with Gasteiger partial charge < -0.3 is 30.4 Å². The highest BCUT2D eigenvalue weighted by atomic mass is 16.7. The summed E-state index contributed by atoms with van der Waals surface area (Å²) in [6.07, 6.45) is 2.99. The second-order valence-electron chi connectivity index (χ2n) is 14.2. The summed E-state index contributed by atoms with van der Waals surface area (Å²) in [6, 6.07) is 14.2. The van der Waals surface area contributed by atoms with Crippen molar-refractivity contribution in [1.29, 1.82) is 0 Å². The average molecular weight is 706 g/mol. The molecule has 1 aliphatic rings. The van der Waals surface area contributed by atoms with Gasteiger partial charge in [0.05, 0.1) is 0 Å². The van der Waals surface area contributed by atoms with Gasteiger partial charge >= 0.3 is 12.1 Å². The van der Waals surface area contributed by atoms with Crippen LogP contribution in [0.3, 0.4) is 0 Å². The van der Waals surface area contributed by atoms with Gasteiger partial charge in [0.1, 0.15) is 18.2 Å². The van der Waals surface area contributed by atoms with Crippen LogP contribution >= 0.6 is 0 Å². The van der Waals surface area contributed by atoms with Crippen molar-refractivity contribution >= 4 is 57.3 Å². The van der Waals surface area contributed by atoms with E-state index in [0.717, 1.165) is 53.4 Å². The predicted octanol–water partition coefficient (Wildman–Crippen LogP) is 4.41. The van der Waals surface area contributed by atoms with E-state index >= 15 is 0 Å². The van der Waals surface area contributed by atoms with Crippen molar-refractivity contribution in [2.75, 3.05) is 32.6 Å². The van der Waals surface area contributed by atoms with E-state index in [1.165, 1.54) is 5.56 Å². The van der Waals surface area contributed by atoms with Gasteiger partial charge in [-0.15, -0.1) is 5.06 Å². The molecule has 3 aromatic rings. The van der Waals surface area contributed by atoms with Crippen LogP contribution in [-0.2, 0) is 41.8 Å². The van der Waals surface area contributed by atoms with E-state index < -0.39 is 35.5 Å². The van der Waals surface area contributed by atoms with Crippen molar-refractivity contribution in [2.24, 2.45) is 0 Å². The van der Waals surface area contributed by atoms with Crippen LogP contribution in [0.2, 0.25) is 0 Å². The molecule has 4 amide bonds. The highest BCUT2D eigenvalue weighted by Gasteiger charge is 2.35. The predicted molar refractivity (Wildman–Crippen MR) is 194 cm³/mol. The van der Waals surface area contributed by atoms with Gasteiger partial charge in [0.25, 0.3) is 11.8 Å². The fourth-order valence-electron chi connectivity index (χ4n) is 6.00. The van der Waals surface area contributed by atoms with Crippen LogP contribution in [0.15, 0.2) is 42.5 Å². The summed E-state index contributed by atoms with van der Waals surface area (Å²) in [5.74, 6) is -2.37. The van der Waals surface area contributed by atoms with Crippen LogP contribution in [0.4, 0.5) is 10.5 Å². The summed E-state index contributed by atoms with van der Waals surface area (Å²) >= 11 is 0. The van der Waals surface area contributed by atoms with E-state index in [2.05, 4.69) is 67.9 Å². The van der Waals surface area contributed by atoms with Crippen LogP contribution in [0.25, 0.3) is 21.8 Å². The van der Waals surface area contributed by atoms with Crippen molar-refractivity contribution in [1.82, 2.24) is 21.0 Å². The smallest absolute Gasteiger partial charge is 0.407 e. The molecule has 2 heterocycles. The molecule has 1 atom stereocenters. The zero-order valence-electron chi connectivity index (χ0n) is 30.8. The number of hydroxylamine groups is 2. The lowest BCUT2D eigenvalue weighted by atomic mass is 10.1. The molecule has 0 radical (unpaired) electrons. The van der Waals surface area contributed by atoms with Gasteiger partial charge in [-0.3, -0.25) is 14.4 Å². The van der Waals surface area contributed by atoms with Gasteiger partial charge in [-0.2, -0.15) is 4.57 Å². The molecule has 1 aliphatic heterocycles. The lowest BCUT2D eigenvalue weighted by Crippen LogP contribution is -2.45. The van der Waals surface area contributed by atoms with Crippen LogP contribution in [0.1, 0.15) is 84.1 Å². The number of benzene rings is 2. The molecular formula is C38H53N6O7+. The Labute approximate surface area is 300 Å². The number of aryl methyl sites for hydroxylation is 1. The number of amides is 4. The molecule has 51 heavy (non-hydrogen) atoms. The third-order valence-corrected chi connectivity index (χ3v) is 8.58. The molecule has 1 unspecified atom stereocenters. The fraction of sp³-hybridized carbons (Fsp3) is 0.526. The number of hydrogen-bond acceptors (Lipinski definition) is 9. The number of imide groups is 1. The lowest BCUT2D eigenvalue weighted by Gasteiger charge is -2.21. The third kappa shape index (κ3) is 11.4. The van der Waals surface area contributed by atoms with E-state index in [4.69, 9.17) is 9.57 Å². The largest absolute Gasteiger partial charge is 0.444 e. The minimum absolute atomic E-state index is 0.0275. The molecular weight excluding hydrogens is 652 g/mol. The number of anilines is 1. The van der Waals surface area contributed by atoms with Crippen LogP contribution in [-0.4, -0.2) is 74.2 Å². The molecule has 0 saturated carbocycles. The Balaban J connectivity index is 1.35. The van der Waals surface area contributed by atoms with Crippen LogP contribution < -0.4 is 25.4 Å². The summed E-state index contributed by atoms with van der Waals surface area (Å²) in [5, 5.41) is 11.5. The molecule has 13 nitrogen and oxygen atoms in total. The molecule has 0 spiro atoms. The number of pyridine rings is 1. The van der Waals surface area contributed by atoms with Crippen LogP contribution in [0, 0.1) is 0 Å². The molecule has 2 aromatic carbocycles. The van der Waals surface area contributed by atoms with Gasteiger partial charge in [0, 0.05) is 81.5 Å². The Morgan fingerprint density at radius 3 is 2.25 bits per heavy atom. The van der Waals surface area contributed by atoms with Gasteiger partial charge in [-0.05, 0) is 89.8 Å². The summed E-state index contributed by atoms with van der Waals surface area (Å²) < 4.78 is 7.60. The van der Waals surface area contributed by atoms with Gasteiger partial charge in [-0.1, -0.05) is 6.07 Å². The van der Waals surface area contributed by atoms with Crippen molar-refractivity contribution in [3.8, 4) is 0 Å². The Hall–Kier alpha value is -4.78. The second-order valence-corrected chi connectivity index (χ2v) is 14.2. The highest BCUT2D eigenvalue weighted by Crippen LogP contribution is 2.24. The Morgan fingerprint density at radius 1 is 0.902 bits per heavy atom. The first-order valence-electron chi connectivity index (χ1n) is 17.8. The molecule has 13 heteroatoms. The van der Waals surface area contributed by atoms with Crippen molar-refractivity contribution < 1.29 is 38.1 Å². The van der Waals surface area contributed by atoms with Gasteiger partial charge in [-0.25, -0.2) is 9.59 Å². The number of fused-ring (bicyclic) bond motifs is 2. The SMILES string of the molecule is CNCc1ccc2cc3ccc(N(C)C)cc3[n+](CCCCCC(=O)NC(CCCCNC(=O)OC(C)(C)C)C(=O)ON3C(=O)CCC3=O)c2c1. The lowest BCUT2D eigenvalue weighted by molar-refractivity contribution is -0.645. The monoisotopic (exact) mass is 705 g/mol. The average Bonchev–Trinajstić information content (AvgIpc) is 3.38. The van der Waals surface area contributed by atoms with E-state index in [1.54, 1.807) is 20.8 Å². The zero-order valence-corrected chi connectivity index (χ0v) is 30.8. The topological polar surface area (TPSA) is 150 Å². The molecule has 0 bridgehead atoms. The summed E-state index contributed by atoms with van der Waals surface area (Å²) in [4.78, 5) is 69.4. The standard InChI is InChI=1S/C38H52N6O7/c1-38(2,3)50-37(49)40-20-10-9-12-30(36(48)51-44-34(46)18-19-35(44)47)41-33(45)13-8-7-11-21-43-31-22-26(25-39-4)14-15-27(31)23-28-16-17-29(42(5)6)24-32(28)43/h14-17,22-24,30,39H,7-13,18-21,25H2,1-6H3,(H-,40,41,45,49)/p+1.